The van der Waals surface area contributed by atoms with Crippen LogP contribution in [0.1, 0.15) is 38.2 Å². The summed E-state index contributed by atoms with van der Waals surface area (Å²) in [7, 11) is 1.58. The monoisotopic (exact) mass is 444 g/mol. The van der Waals surface area contributed by atoms with Crippen molar-refractivity contribution in [1.29, 1.82) is 0 Å². The van der Waals surface area contributed by atoms with Crippen molar-refractivity contribution in [2.45, 2.75) is 38.6 Å². The molecule has 1 aromatic heterocycles. The Hall–Kier alpha value is -2.91. The largest absolute Gasteiger partial charge is 0.481 e. The fraction of sp³-hybridized carbons (Fsp3) is 0.522. The van der Waals surface area contributed by atoms with Crippen LogP contribution in [0.5, 0.6) is 6.01 Å². The minimum Gasteiger partial charge on any atom is -0.481 e. The van der Waals surface area contributed by atoms with Gasteiger partial charge in [-0.05, 0) is 31.0 Å². The molecule has 9 heteroatoms. The van der Waals surface area contributed by atoms with E-state index >= 15 is 0 Å². The summed E-state index contributed by atoms with van der Waals surface area (Å²) in [5, 5.41) is 12.8. The first-order chi connectivity index (χ1) is 15.5. The molecule has 1 aromatic carbocycles. The van der Waals surface area contributed by atoms with E-state index in [1.807, 2.05) is 25.1 Å². The van der Waals surface area contributed by atoms with Crippen LogP contribution in [0.15, 0.2) is 30.6 Å². The lowest BCUT2D eigenvalue weighted by Gasteiger charge is -2.38. The normalized spacial score (nSPS) is 17.1. The zero-order valence-corrected chi connectivity index (χ0v) is 18.9. The van der Waals surface area contributed by atoms with E-state index in [1.165, 1.54) is 0 Å². The van der Waals surface area contributed by atoms with Gasteiger partial charge in [0.25, 0.3) is 0 Å². The van der Waals surface area contributed by atoms with Crippen molar-refractivity contribution in [2.75, 3.05) is 50.3 Å². The third-order valence-electron chi connectivity index (χ3n) is 5.47. The van der Waals surface area contributed by atoms with Crippen LogP contribution >= 0.6 is 0 Å². The average Bonchev–Trinajstić information content (AvgIpc) is 2.80. The number of aromatic nitrogens is 2. The number of ether oxygens (including phenoxy) is 3. The van der Waals surface area contributed by atoms with E-state index in [-0.39, 0.29) is 18.4 Å². The van der Waals surface area contributed by atoms with E-state index in [4.69, 9.17) is 14.2 Å². The highest BCUT2D eigenvalue weighted by molar-refractivity contribution is 5.77. The molecular weight excluding hydrogens is 412 g/mol. The zero-order chi connectivity index (χ0) is 22.9. The molecule has 1 unspecified atom stereocenters. The highest BCUT2D eigenvalue weighted by Crippen LogP contribution is 2.35. The molecular formula is C23H32N4O5. The molecule has 0 saturated carbocycles. The van der Waals surface area contributed by atoms with Crippen molar-refractivity contribution in [1.82, 2.24) is 9.97 Å². The van der Waals surface area contributed by atoms with Gasteiger partial charge in [-0.3, -0.25) is 4.79 Å². The van der Waals surface area contributed by atoms with Crippen LogP contribution in [0.4, 0.5) is 17.1 Å². The Morgan fingerprint density at radius 3 is 2.78 bits per heavy atom. The Balaban J connectivity index is 1.97. The third kappa shape index (κ3) is 6.08. The summed E-state index contributed by atoms with van der Waals surface area (Å²) in [6.45, 7) is 6.97. The fourth-order valence-corrected chi connectivity index (χ4v) is 3.89. The second-order valence-corrected chi connectivity index (χ2v) is 7.67. The van der Waals surface area contributed by atoms with E-state index in [0.717, 1.165) is 35.6 Å². The average molecular weight is 445 g/mol. The van der Waals surface area contributed by atoms with Gasteiger partial charge < -0.3 is 29.5 Å². The summed E-state index contributed by atoms with van der Waals surface area (Å²) >= 11 is 0. The Kier molecular flexibility index (Phi) is 8.64. The lowest BCUT2D eigenvalue weighted by atomic mass is 9.95. The summed E-state index contributed by atoms with van der Waals surface area (Å²) in [6, 6.07) is 6.63. The topological polar surface area (TPSA) is 106 Å². The van der Waals surface area contributed by atoms with Gasteiger partial charge in [-0.1, -0.05) is 13.0 Å². The molecule has 1 aliphatic rings. The maximum atomic E-state index is 11.4. The minimum atomic E-state index is -0.857. The standard InChI is InChI=1S/C23H32N4O5/c1-4-19-15-31-9-8-27(19)21-7-6-16(17(14-30-3)11-22(28)29)10-20(21)26-18-12-24-23(25-13-18)32-5-2/h6-7,10,12-13,17,19,26H,4-5,8-9,11,14-15H2,1-3H3,(H,28,29)/t17-,19?/m1/s1. The lowest BCUT2D eigenvalue weighted by Crippen LogP contribution is -2.45. The maximum absolute atomic E-state index is 11.4. The molecule has 1 aliphatic heterocycles. The Labute approximate surface area is 188 Å². The minimum absolute atomic E-state index is 0.00602. The highest BCUT2D eigenvalue weighted by atomic mass is 16.5. The first-order valence-corrected chi connectivity index (χ1v) is 11.0. The van der Waals surface area contributed by atoms with Gasteiger partial charge in [0.2, 0.25) is 0 Å². The van der Waals surface area contributed by atoms with Crippen molar-refractivity contribution in [3.05, 3.63) is 36.2 Å². The van der Waals surface area contributed by atoms with Gasteiger partial charge in [0.15, 0.2) is 0 Å². The molecule has 0 aliphatic carbocycles. The van der Waals surface area contributed by atoms with Gasteiger partial charge >= 0.3 is 12.0 Å². The number of hydrogen-bond acceptors (Lipinski definition) is 8. The van der Waals surface area contributed by atoms with E-state index in [1.54, 1.807) is 19.5 Å². The second kappa shape index (κ2) is 11.6. The van der Waals surface area contributed by atoms with Crippen molar-refractivity contribution in [3.8, 4) is 6.01 Å². The van der Waals surface area contributed by atoms with Crippen molar-refractivity contribution in [2.24, 2.45) is 0 Å². The van der Waals surface area contributed by atoms with Crippen LogP contribution in [0.3, 0.4) is 0 Å². The van der Waals surface area contributed by atoms with E-state index < -0.39 is 5.97 Å². The lowest BCUT2D eigenvalue weighted by molar-refractivity contribution is -0.137. The van der Waals surface area contributed by atoms with Gasteiger partial charge in [-0.2, -0.15) is 0 Å². The van der Waals surface area contributed by atoms with Crippen LogP contribution in [-0.2, 0) is 14.3 Å². The number of hydrogen-bond donors (Lipinski definition) is 2. The maximum Gasteiger partial charge on any atom is 0.316 e. The first kappa shape index (κ1) is 23.7. The second-order valence-electron chi connectivity index (χ2n) is 7.67. The summed E-state index contributed by atoms with van der Waals surface area (Å²) in [5.74, 6) is -1.11. The Bertz CT molecular complexity index is 877. The summed E-state index contributed by atoms with van der Waals surface area (Å²) < 4.78 is 16.3. The molecule has 2 heterocycles. The number of morpholine rings is 1. The summed E-state index contributed by atoms with van der Waals surface area (Å²) in [6.07, 6.45) is 4.30. The first-order valence-electron chi connectivity index (χ1n) is 11.0. The van der Waals surface area contributed by atoms with E-state index in [2.05, 4.69) is 27.1 Å². The number of methoxy groups -OCH3 is 1. The molecule has 32 heavy (non-hydrogen) atoms. The molecule has 2 aromatic rings. The van der Waals surface area contributed by atoms with Gasteiger partial charge in [-0.25, -0.2) is 9.97 Å². The van der Waals surface area contributed by atoms with E-state index in [0.29, 0.717) is 32.4 Å². The number of rotatable bonds is 11. The smallest absolute Gasteiger partial charge is 0.316 e. The van der Waals surface area contributed by atoms with Crippen LogP contribution in [0.2, 0.25) is 0 Å². The molecule has 0 spiro atoms. The molecule has 174 valence electrons. The van der Waals surface area contributed by atoms with Crippen molar-refractivity contribution < 1.29 is 24.1 Å². The predicted molar refractivity (Wildman–Crippen MR) is 122 cm³/mol. The van der Waals surface area contributed by atoms with Gasteiger partial charge in [0.05, 0.1) is 68.3 Å². The Morgan fingerprint density at radius 1 is 1.34 bits per heavy atom. The van der Waals surface area contributed by atoms with Crippen molar-refractivity contribution >= 4 is 23.0 Å². The fourth-order valence-electron chi connectivity index (χ4n) is 3.89. The number of carboxylic acid groups (broad SMARTS) is 1. The van der Waals surface area contributed by atoms with Gasteiger partial charge in [0, 0.05) is 19.6 Å². The number of anilines is 3. The van der Waals surface area contributed by atoms with E-state index in [9.17, 15) is 9.90 Å². The van der Waals surface area contributed by atoms with Crippen LogP contribution < -0.4 is 15.0 Å². The quantitative estimate of drug-likeness (QED) is 0.539. The molecule has 2 N–H and O–H groups in total. The van der Waals surface area contributed by atoms with Gasteiger partial charge in [0.1, 0.15) is 0 Å². The predicted octanol–water partition coefficient (Wildman–Crippen LogP) is 3.44. The number of benzene rings is 1. The number of carboxylic acids is 1. The number of nitrogens with one attached hydrogen (secondary N) is 1. The van der Waals surface area contributed by atoms with Crippen molar-refractivity contribution in [3.63, 3.8) is 0 Å². The molecule has 1 fully saturated rings. The number of nitrogens with zero attached hydrogens (tertiary/aromatic N) is 3. The number of carbonyl (C=O) groups is 1. The van der Waals surface area contributed by atoms with Crippen LogP contribution in [-0.4, -0.2) is 67.2 Å². The Morgan fingerprint density at radius 2 is 2.12 bits per heavy atom. The van der Waals surface area contributed by atoms with Crippen LogP contribution in [0, 0.1) is 0 Å². The molecule has 0 amide bonds. The molecule has 0 radical (unpaired) electrons. The summed E-state index contributed by atoms with van der Waals surface area (Å²) in [4.78, 5) is 22.2. The van der Waals surface area contributed by atoms with Gasteiger partial charge in [-0.15, -0.1) is 0 Å². The highest BCUT2D eigenvalue weighted by Gasteiger charge is 2.25. The SMILES string of the molecule is CCOc1ncc(Nc2cc([C@@H](COC)CC(=O)O)ccc2N2CCOCC2CC)cn1. The number of aliphatic carboxylic acids is 1. The molecule has 1 saturated heterocycles. The molecule has 3 rings (SSSR count). The van der Waals surface area contributed by atoms with Crippen LogP contribution in [0.25, 0.3) is 0 Å². The molecule has 0 bridgehead atoms. The summed E-state index contributed by atoms with van der Waals surface area (Å²) in [5.41, 5.74) is 3.51. The third-order valence-corrected chi connectivity index (χ3v) is 5.47. The zero-order valence-electron chi connectivity index (χ0n) is 18.9. The molecule has 9 nitrogen and oxygen atoms in total. The molecule has 2 atom stereocenters.